The van der Waals surface area contributed by atoms with E-state index in [-0.39, 0.29) is 0 Å². The SMILES string of the molecule is Cc1cccc(OCCSc2nnc(-c3ccc(Cl)cc3Cl)n2N)c1. The Hall–Kier alpha value is -1.89. The van der Waals surface area contributed by atoms with Gasteiger partial charge in [-0.1, -0.05) is 47.1 Å². The number of thioether (sulfide) groups is 1. The zero-order valence-corrected chi connectivity index (χ0v) is 15.8. The molecule has 0 fully saturated rings. The average molecular weight is 395 g/mol. The van der Waals surface area contributed by atoms with Crippen molar-refractivity contribution in [2.45, 2.75) is 12.1 Å². The molecule has 0 unspecified atom stereocenters. The fourth-order valence-electron chi connectivity index (χ4n) is 2.23. The topological polar surface area (TPSA) is 66.0 Å². The smallest absolute Gasteiger partial charge is 0.210 e. The Kier molecular flexibility index (Phi) is 5.73. The Morgan fingerprint density at radius 1 is 1.16 bits per heavy atom. The van der Waals surface area contributed by atoms with Gasteiger partial charge in [-0.25, -0.2) is 4.68 Å². The van der Waals surface area contributed by atoms with Crippen molar-refractivity contribution in [1.29, 1.82) is 0 Å². The third kappa shape index (κ3) is 4.39. The second-order valence-electron chi connectivity index (χ2n) is 5.31. The quantitative estimate of drug-likeness (QED) is 0.380. The summed E-state index contributed by atoms with van der Waals surface area (Å²) in [5, 5.41) is 9.87. The molecular weight excluding hydrogens is 379 g/mol. The van der Waals surface area contributed by atoms with E-state index in [0.29, 0.717) is 38.9 Å². The van der Waals surface area contributed by atoms with Crippen molar-refractivity contribution in [3.05, 3.63) is 58.1 Å². The molecule has 0 saturated heterocycles. The molecule has 2 N–H and O–H groups in total. The minimum atomic E-state index is 0.478. The zero-order chi connectivity index (χ0) is 17.8. The number of rotatable bonds is 6. The number of benzene rings is 2. The number of nitrogens with two attached hydrogens (primary N) is 1. The maximum absolute atomic E-state index is 6.20. The maximum atomic E-state index is 6.20. The molecule has 1 heterocycles. The highest BCUT2D eigenvalue weighted by Gasteiger charge is 2.15. The molecule has 0 spiro atoms. The van der Waals surface area contributed by atoms with E-state index in [2.05, 4.69) is 10.2 Å². The lowest BCUT2D eigenvalue weighted by molar-refractivity contribution is 0.343. The minimum absolute atomic E-state index is 0.478. The van der Waals surface area contributed by atoms with Gasteiger partial charge in [0.15, 0.2) is 5.82 Å². The number of ether oxygens (including phenoxy) is 1. The lowest BCUT2D eigenvalue weighted by atomic mass is 10.2. The molecule has 0 bridgehead atoms. The van der Waals surface area contributed by atoms with E-state index in [1.807, 2.05) is 31.2 Å². The maximum Gasteiger partial charge on any atom is 0.210 e. The van der Waals surface area contributed by atoms with Crippen LogP contribution in [-0.4, -0.2) is 27.2 Å². The van der Waals surface area contributed by atoms with Crippen molar-refractivity contribution in [2.24, 2.45) is 0 Å². The molecule has 3 aromatic rings. The molecule has 0 saturated carbocycles. The minimum Gasteiger partial charge on any atom is -0.493 e. The molecule has 0 amide bonds. The summed E-state index contributed by atoms with van der Waals surface area (Å²) in [7, 11) is 0. The lowest BCUT2D eigenvalue weighted by Gasteiger charge is -2.07. The summed E-state index contributed by atoms with van der Waals surface area (Å²) in [5.74, 6) is 8.13. The van der Waals surface area contributed by atoms with Gasteiger partial charge in [0, 0.05) is 16.3 Å². The number of hydrogen-bond acceptors (Lipinski definition) is 5. The first-order valence-corrected chi connectivity index (χ1v) is 9.27. The van der Waals surface area contributed by atoms with Crippen molar-refractivity contribution in [2.75, 3.05) is 18.2 Å². The Labute approximate surface area is 160 Å². The largest absolute Gasteiger partial charge is 0.493 e. The Morgan fingerprint density at radius 3 is 2.76 bits per heavy atom. The predicted molar refractivity (Wildman–Crippen MR) is 103 cm³/mol. The fourth-order valence-corrected chi connectivity index (χ4v) is 3.39. The van der Waals surface area contributed by atoms with E-state index in [4.69, 9.17) is 33.8 Å². The molecule has 2 aromatic carbocycles. The highest BCUT2D eigenvalue weighted by atomic mass is 35.5. The van der Waals surface area contributed by atoms with Gasteiger partial charge in [0.25, 0.3) is 0 Å². The highest BCUT2D eigenvalue weighted by molar-refractivity contribution is 7.99. The van der Waals surface area contributed by atoms with Crippen LogP contribution in [0.4, 0.5) is 0 Å². The van der Waals surface area contributed by atoms with Crippen LogP contribution in [0.5, 0.6) is 5.75 Å². The molecule has 0 aliphatic heterocycles. The van der Waals surface area contributed by atoms with Crippen LogP contribution < -0.4 is 10.6 Å². The van der Waals surface area contributed by atoms with E-state index >= 15 is 0 Å². The van der Waals surface area contributed by atoms with E-state index < -0.39 is 0 Å². The van der Waals surface area contributed by atoms with E-state index in [1.165, 1.54) is 16.4 Å². The van der Waals surface area contributed by atoms with Gasteiger partial charge < -0.3 is 10.6 Å². The summed E-state index contributed by atoms with van der Waals surface area (Å²) in [4.78, 5) is 0. The number of nitrogen functional groups attached to an aromatic ring is 1. The zero-order valence-electron chi connectivity index (χ0n) is 13.4. The number of aromatic nitrogens is 3. The van der Waals surface area contributed by atoms with Crippen molar-refractivity contribution in [3.8, 4) is 17.1 Å². The van der Waals surface area contributed by atoms with Crippen molar-refractivity contribution in [3.63, 3.8) is 0 Å². The first-order valence-electron chi connectivity index (χ1n) is 7.53. The van der Waals surface area contributed by atoms with Gasteiger partial charge in [-0.3, -0.25) is 0 Å². The molecule has 0 aliphatic carbocycles. The van der Waals surface area contributed by atoms with E-state index in [0.717, 1.165) is 11.3 Å². The third-order valence-corrected chi connectivity index (χ3v) is 4.86. The first-order chi connectivity index (χ1) is 12.0. The van der Waals surface area contributed by atoms with E-state index in [9.17, 15) is 0 Å². The molecule has 25 heavy (non-hydrogen) atoms. The number of nitrogens with zero attached hydrogens (tertiary/aromatic N) is 3. The van der Waals surface area contributed by atoms with Crippen molar-refractivity contribution in [1.82, 2.24) is 14.9 Å². The summed E-state index contributed by atoms with van der Waals surface area (Å²) < 4.78 is 7.14. The summed E-state index contributed by atoms with van der Waals surface area (Å²) >= 11 is 13.6. The van der Waals surface area contributed by atoms with Gasteiger partial charge in [-0.05, 0) is 42.8 Å². The molecule has 0 aliphatic rings. The predicted octanol–water partition coefficient (Wildman–Crippen LogP) is 4.45. The Balaban J connectivity index is 1.62. The molecular formula is C17H16Cl2N4OS. The summed E-state index contributed by atoms with van der Waals surface area (Å²) in [5.41, 5.74) is 1.85. The summed E-state index contributed by atoms with van der Waals surface area (Å²) in [6.07, 6.45) is 0. The Morgan fingerprint density at radius 2 is 2.00 bits per heavy atom. The Bertz CT molecular complexity index is 885. The second-order valence-corrected chi connectivity index (χ2v) is 7.22. The number of halogens is 2. The monoisotopic (exact) mass is 394 g/mol. The van der Waals surface area contributed by atoms with Crippen molar-refractivity contribution < 1.29 is 4.74 Å². The van der Waals surface area contributed by atoms with Crippen LogP contribution in [0.25, 0.3) is 11.4 Å². The summed E-state index contributed by atoms with van der Waals surface area (Å²) in [6.45, 7) is 2.57. The van der Waals surface area contributed by atoms with Crippen LogP contribution in [0, 0.1) is 6.92 Å². The molecule has 130 valence electrons. The third-order valence-electron chi connectivity index (χ3n) is 3.41. The molecule has 0 radical (unpaired) electrons. The first kappa shape index (κ1) is 17.9. The highest BCUT2D eigenvalue weighted by Crippen LogP contribution is 2.30. The van der Waals surface area contributed by atoms with Crippen LogP contribution in [0.1, 0.15) is 5.56 Å². The van der Waals surface area contributed by atoms with E-state index in [1.54, 1.807) is 18.2 Å². The van der Waals surface area contributed by atoms with Gasteiger partial charge in [-0.15, -0.1) is 10.2 Å². The van der Waals surface area contributed by atoms with Gasteiger partial charge in [0.2, 0.25) is 5.16 Å². The second kappa shape index (κ2) is 7.99. The summed E-state index contributed by atoms with van der Waals surface area (Å²) in [6, 6.07) is 13.1. The van der Waals surface area contributed by atoms with Crippen LogP contribution in [0.15, 0.2) is 47.6 Å². The number of hydrogen-bond donors (Lipinski definition) is 1. The molecule has 1 aromatic heterocycles. The van der Waals surface area contributed by atoms with Gasteiger partial charge in [0.1, 0.15) is 5.75 Å². The fraction of sp³-hybridized carbons (Fsp3) is 0.176. The van der Waals surface area contributed by atoms with Crippen LogP contribution >= 0.6 is 35.0 Å². The molecule has 3 rings (SSSR count). The average Bonchev–Trinajstić information content (AvgIpc) is 2.93. The number of aryl methyl sites for hydroxylation is 1. The lowest BCUT2D eigenvalue weighted by Crippen LogP contribution is -2.12. The molecule has 0 atom stereocenters. The van der Waals surface area contributed by atoms with Crippen LogP contribution in [-0.2, 0) is 0 Å². The molecule has 8 heteroatoms. The van der Waals surface area contributed by atoms with Gasteiger partial charge >= 0.3 is 0 Å². The standard InChI is InChI=1S/C17H16Cl2N4OS/c1-11-3-2-4-13(9-11)24-7-8-25-17-22-21-16(23(17)20)14-6-5-12(18)10-15(14)19/h2-6,9-10H,7-8,20H2,1H3. The van der Waals surface area contributed by atoms with Gasteiger partial charge in [0.05, 0.1) is 11.6 Å². The van der Waals surface area contributed by atoms with Gasteiger partial charge in [-0.2, -0.15) is 0 Å². The normalized spacial score (nSPS) is 10.8. The van der Waals surface area contributed by atoms with Crippen molar-refractivity contribution >= 4 is 35.0 Å². The van der Waals surface area contributed by atoms with Crippen LogP contribution in [0.2, 0.25) is 10.0 Å². The molecule has 5 nitrogen and oxygen atoms in total. The van der Waals surface area contributed by atoms with Crippen LogP contribution in [0.3, 0.4) is 0 Å².